The first kappa shape index (κ1) is 15.2. The second-order valence-corrected chi connectivity index (χ2v) is 5.19. The van der Waals surface area contributed by atoms with Crippen LogP contribution < -0.4 is 4.74 Å². The molecule has 1 N–H and O–H groups in total. The summed E-state index contributed by atoms with van der Waals surface area (Å²) >= 11 is 0. The van der Waals surface area contributed by atoms with Gasteiger partial charge in [-0.3, -0.25) is 10.1 Å². The average Bonchev–Trinajstić information content (AvgIpc) is 2.50. The van der Waals surface area contributed by atoms with Crippen LogP contribution in [-0.4, -0.2) is 40.7 Å². The van der Waals surface area contributed by atoms with Gasteiger partial charge in [0.15, 0.2) is 0 Å². The number of fused-ring (bicyclic) bond motifs is 3. The van der Waals surface area contributed by atoms with Crippen LogP contribution >= 0.6 is 0 Å². The first-order valence-electron chi connectivity index (χ1n) is 6.92. The van der Waals surface area contributed by atoms with E-state index in [4.69, 9.17) is 5.11 Å². The van der Waals surface area contributed by atoms with E-state index in [1.807, 2.05) is 0 Å². The van der Waals surface area contributed by atoms with Gasteiger partial charge in [0.2, 0.25) is 0 Å². The maximum Gasteiger partial charge on any atom is 0.511 e. The van der Waals surface area contributed by atoms with Crippen molar-refractivity contribution in [2.45, 2.75) is 19.3 Å². The van der Waals surface area contributed by atoms with Crippen LogP contribution in [0.3, 0.4) is 0 Å². The smallest absolute Gasteiger partial charge is 0.449 e. The van der Waals surface area contributed by atoms with E-state index in [9.17, 15) is 14.9 Å². The van der Waals surface area contributed by atoms with Crippen molar-refractivity contribution >= 4 is 11.8 Å². The Balaban J connectivity index is 0.000000170. The Labute approximate surface area is 122 Å². The van der Waals surface area contributed by atoms with Gasteiger partial charge in [0.1, 0.15) is 5.75 Å². The van der Waals surface area contributed by atoms with Crippen molar-refractivity contribution in [3.05, 3.63) is 34.4 Å². The summed E-state index contributed by atoms with van der Waals surface area (Å²) in [5, 5.41) is 18.4. The number of nitro benzene ring substituents is 1. The lowest BCUT2D eigenvalue weighted by Gasteiger charge is -2.38. The van der Waals surface area contributed by atoms with Crippen molar-refractivity contribution in [3.63, 3.8) is 0 Å². The molecule has 0 radical (unpaired) electrons. The number of non-ortho nitro benzene ring substituents is 1. The minimum Gasteiger partial charge on any atom is -0.449 e. The Hall–Kier alpha value is -2.15. The number of ether oxygens (including phenoxy) is 1. The summed E-state index contributed by atoms with van der Waals surface area (Å²) in [7, 11) is 0. The molecule has 0 aliphatic carbocycles. The predicted octanol–water partition coefficient (Wildman–Crippen LogP) is 2.75. The molecule has 1 aromatic rings. The molecule has 21 heavy (non-hydrogen) atoms. The summed E-state index contributed by atoms with van der Waals surface area (Å²) < 4.78 is 4.24. The van der Waals surface area contributed by atoms with Gasteiger partial charge >= 0.3 is 6.16 Å². The van der Waals surface area contributed by atoms with Gasteiger partial charge in [0.05, 0.1) is 4.92 Å². The third-order valence-corrected chi connectivity index (χ3v) is 3.81. The van der Waals surface area contributed by atoms with Gasteiger partial charge in [0, 0.05) is 12.1 Å². The highest BCUT2D eigenvalue weighted by Gasteiger charge is 2.24. The molecule has 4 rings (SSSR count). The molecule has 3 aliphatic rings. The number of nitro groups is 1. The van der Waals surface area contributed by atoms with Crippen LogP contribution in [0, 0.1) is 16.0 Å². The lowest BCUT2D eigenvalue weighted by Crippen LogP contribution is -2.41. The fraction of sp³-hybridized carbons (Fsp3) is 0.500. The van der Waals surface area contributed by atoms with Crippen molar-refractivity contribution < 1.29 is 19.6 Å². The summed E-state index contributed by atoms with van der Waals surface area (Å²) in [6, 6.07) is 4.76. The molecule has 1 aromatic carbocycles. The predicted molar refractivity (Wildman–Crippen MR) is 75.5 cm³/mol. The summed E-state index contributed by atoms with van der Waals surface area (Å²) in [6.45, 7) is 4.18. The Bertz CT molecular complexity index is 472. The zero-order valence-corrected chi connectivity index (χ0v) is 11.6. The second kappa shape index (κ2) is 7.03. The maximum atomic E-state index is 10.2. The molecule has 0 unspecified atom stereocenters. The third kappa shape index (κ3) is 4.71. The largest absolute Gasteiger partial charge is 0.511 e. The number of piperidine rings is 3. The first-order chi connectivity index (χ1) is 10.0. The standard InChI is InChI=1S/C7H5NO5.C7H13N/c9-7(10)13-6-3-1-5(2-4-6)8(11)12;1-4-8-5-2-7(1)3-6-8/h1-4H,(H,9,10);7H,1-6H2. The summed E-state index contributed by atoms with van der Waals surface area (Å²) in [5.41, 5.74) is -0.113. The molecular formula is C14H18N2O5. The van der Waals surface area contributed by atoms with Crippen LogP contribution in [0.4, 0.5) is 10.5 Å². The monoisotopic (exact) mass is 294 g/mol. The molecule has 114 valence electrons. The summed E-state index contributed by atoms with van der Waals surface area (Å²) in [6.07, 6.45) is 3.01. The van der Waals surface area contributed by atoms with Gasteiger partial charge in [-0.15, -0.1) is 0 Å². The van der Waals surface area contributed by atoms with E-state index in [-0.39, 0.29) is 11.4 Å². The molecule has 0 amide bonds. The Morgan fingerprint density at radius 1 is 1.19 bits per heavy atom. The van der Waals surface area contributed by atoms with Gasteiger partial charge in [-0.1, -0.05) is 0 Å². The summed E-state index contributed by atoms with van der Waals surface area (Å²) in [5.74, 6) is 1.16. The maximum absolute atomic E-state index is 10.2. The number of carbonyl (C=O) groups is 1. The lowest BCUT2D eigenvalue weighted by atomic mass is 9.89. The molecule has 0 saturated carbocycles. The fourth-order valence-electron chi connectivity index (χ4n) is 2.60. The minimum absolute atomic E-state index is 0.0538. The number of hydrogen-bond donors (Lipinski definition) is 1. The van der Waals surface area contributed by atoms with E-state index >= 15 is 0 Å². The molecule has 3 saturated heterocycles. The lowest BCUT2D eigenvalue weighted by molar-refractivity contribution is -0.384. The number of carboxylic acid groups (broad SMARTS) is 1. The Kier molecular flexibility index (Phi) is 5.10. The molecule has 7 heteroatoms. The van der Waals surface area contributed by atoms with Gasteiger partial charge in [-0.05, 0) is 56.9 Å². The van der Waals surface area contributed by atoms with Gasteiger partial charge in [-0.25, -0.2) is 4.79 Å². The van der Waals surface area contributed by atoms with E-state index < -0.39 is 11.1 Å². The molecule has 0 spiro atoms. The van der Waals surface area contributed by atoms with Crippen molar-refractivity contribution in [1.29, 1.82) is 0 Å². The second-order valence-electron chi connectivity index (χ2n) is 5.19. The van der Waals surface area contributed by atoms with Gasteiger partial charge in [0.25, 0.3) is 5.69 Å². The zero-order valence-electron chi connectivity index (χ0n) is 11.6. The number of rotatable bonds is 2. The highest BCUT2D eigenvalue weighted by molar-refractivity contribution is 5.61. The van der Waals surface area contributed by atoms with Crippen molar-refractivity contribution in [2.24, 2.45) is 5.92 Å². The van der Waals surface area contributed by atoms with E-state index in [0.717, 1.165) is 18.1 Å². The first-order valence-corrected chi connectivity index (χ1v) is 6.92. The topological polar surface area (TPSA) is 92.9 Å². The molecule has 0 atom stereocenters. The molecule has 0 aromatic heterocycles. The van der Waals surface area contributed by atoms with Crippen LogP contribution in [0.1, 0.15) is 19.3 Å². The average molecular weight is 294 g/mol. The molecule has 3 heterocycles. The van der Waals surface area contributed by atoms with Crippen molar-refractivity contribution in [3.8, 4) is 5.75 Å². The van der Waals surface area contributed by atoms with E-state index in [1.54, 1.807) is 0 Å². The number of hydrogen-bond acceptors (Lipinski definition) is 5. The van der Waals surface area contributed by atoms with E-state index in [1.165, 1.54) is 51.0 Å². The molecule has 3 aliphatic heterocycles. The third-order valence-electron chi connectivity index (χ3n) is 3.81. The highest BCUT2D eigenvalue weighted by Crippen LogP contribution is 2.26. The summed E-state index contributed by atoms with van der Waals surface area (Å²) in [4.78, 5) is 22.2. The van der Waals surface area contributed by atoms with Gasteiger partial charge < -0.3 is 14.7 Å². The van der Waals surface area contributed by atoms with E-state index in [2.05, 4.69) is 9.64 Å². The molecule has 2 bridgehead atoms. The number of benzene rings is 1. The Morgan fingerprint density at radius 3 is 2.00 bits per heavy atom. The highest BCUT2D eigenvalue weighted by atomic mass is 16.7. The van der Waals surface area contributed by atoms with Crippen LogP contribution in [0.5, 0.6) is 5.75 Å². The minimum atomic E-state index is -1.45. The number of nitrogens with zero attached hydrogens (tertiary/aromatic N) is 2. The van der Waals surface area contributed by atoms with Crippen LogP contribution in [0.2, 0.25) is 0 Å². The molecular weight excluding hydrogens is 276 g/mol. The van der Waals surface area contributed by atoms with Gasteiger partial charge in [-0.2, -0.15) is 0 Å². The fourth-order valence-corrected chi connectivity index (χ4v) is 2.60. The zero-order chi connectivity index (χ0) is 15.2. The van der Waals surface area contributed by atoms with Crippen molar-refractivity contribution in [1.82, 2.24) is 4.90 Å². The Morgan fingerprint density at radius 2 is 1.71 bits per heavy atom. The quantitative estimate of drug-likeness (QED) is 0.390. The van der Waals surface area contributed by atoms with Crippen LogP contribution in [0.25, 0.3) is 0 Å². The SMILES string of the molecule is C1CN2CCC1CC2.O=C(O)Oc1ccc([N+](=O)[O-])cc1. The van der Waals surface area contributed by atoms with E-state index in [0.29, 0.717) is 0 Å². The molecule has 3 fully saturated rings. The van der Waals surface area contributed by atoms with Crippen LogP contribution in [-0.2, 0) is 0 Å². The van der Waals surface area contributed by atoms with Crippen LogP contribution in [0.15, 0.2) is 24.3 Å². The van der Waals surface area contributed by atoms with Crippen molar-refractivity contribution in [2.75, 3.05) is 19.6 Å². The normalized spacial score (nSPS) is 22.9. The molecule has 7 nitrogen and oxygen atoms in total.